The Bertz CT molecular complexity index is 1420. The number of aromatic nitrogens is 2. The molecular weight excluding hydrogens is 486 g/mol. The summed E-state index contributed by atoms with van der Waals surface area (Å²) in [4.78, 5) is 23.3. The van der Waals surface area contributed by atoms with E-state index >= 15 is 0 Å². The molecule has 1 N–H and O–H groups in total. The van der Waals surface area contributed by atoms with Gasteiger partial charge in [-0.05, 0) is 31.2 Å². The first-order valence-corrected chi connectivity index (χ1v) is 12.2. The first-order chi connectivity index (χ1) is 16.2. The molecule has 0 aliphatic heterocycles. The van der Waals surface area contributed by atoms with Crippen LogP contribution in [0, 0.1) is 21.4 Å². The van der Waals surface area contributed by atoms with Gasteiger partial charge in [-0.15, -0.1) is 10.2 Å². The Hall–Kier alpha value is -4.09. The summed E-state index contributed by atoms with van der Waals surface area (Å²) in [6.07, 6.45) is 1.14. The second-order valence-corrected chi connectivity index (χ2v) is 9.90. The number of carbonyl (C=O) groups excluding carboxylic acids is 1. The van der Waals surface area contributed by atoms with Crippen LogP contribution in [0.1, 0.15) is 19.6 Å². The summed E-state index contributed by atoms with van der Waals surface area (Å²) in [5.41, 5.74) is -0.407. The molecule has 0 aliphatic rings. The van der Waals surface area contributed by atoms with Crippen molar-refractivity contribution in [3.63, 3.8) is 0 Å². The number of hydrogen-bond acceptors (Lipinski definition) is 11. The molecular formula is C20H17N5O7S2. The smallest absolute Gasteiger partial charge is 0.284 e. The fourth-order valence-corrected chi connectivity index (χ4v) is 4.65. The molecule has 0 aliphatic carbocycles. The highest BCUT2D eigenvalue weighted by atomic mass is 32.2. The summed E-state index contributed by atoms with van der Waals surface area (Å²) in [7, 11) is -3.58. The fraction of sp³-hybridized carbons (Fsp3) is 0.200. The number of amides is 1. The summed E-state index contributed by atoms with van der Waals surface area (Å²) in [5, 5.41) is 30.2. The Morgan fingerprint density at radius 2 is 2.09 bits per heavy atom. The Kier molecular flexibility index (Phi) is 7.39. The summed E-state index contributed by atoms with van der Waals surface area (Å²) in [6.45, 7) is 3.55. The number of nitro groups is 1. The van der Waals surface area contributed by atoms with E-state index in [4.69, 9.17) is 9.15 Å². The van der Waals surface area contributed by atoms with Crippen molar-refractivity contribution in [1.29, 1.82) is 5.26 Å². The molecule has 176 valence electrons. The van der Waals surface area contributed by atoms with E-state index < -0.39 is 20.7 Å². The third-order valence-corrected chi connectivity index (χ3v) is 7.31. The molecule has 3 rings (SSSR count). The lowest BCUT2D eigenvalue weighted by molar-refractivity contribution is -0.384. The Labute approximate surface area is 197 Å². The topological polar surface area (TPSA) is 178 Å². The zero-order valence-electron chi connectivity index (χ0n) is 17.8. The molecule has 12 nitrogen and oxygen atoms in total. The van der Waals surface area contributed by atoms with Crippen LogP contribution >= 0.6 is 11.3 Å². The predicted octanol–water partition coefficient (Wildman–Crippen LogP) is 3.44. The van der Waals surface area contributed by atoms with Gasteiger partial charge in [0.1, 0.15) is 28.9 Å². The summed E-state index contributed by atoms with van der Waals surface area (Å²) in [6, 6.07) is 8.95. The van der Waals surface area contributed by atoms with Gasteiger partial charge in [-0.3, -0.25) is 20.2 Å². The van der Waals surface area contributed by atoms with Crippen LogP contribution in [-0.2, 0) is 14.6 Å². The number of furan rings is 1. The van der Waals surface area contributed by atoms with Crippen molar-refractivity contribution < 1.29 is 27.3 Å². The van der Waals surface area contributed by atoms with Crippen molar-refractivity contribution in [3.05, 3.63) is 51.8 Å². The van der Waals surface area contributed by atoms with Gasteiger partial charge in [0.15, 0.2) is 0 Å². The molecule has 0 atom stereocenters. The fourth-order valence-electron chi connectivity index (χ4n) is 2.67. The SMILES string of the molecule is CCOc1ccc(-c2ccc(C=C(C#N)C(=O)Nc3nnc(S(=O)(=O)CC)s3)o2)c([N+](=O)[O-])c1. The average Bonchev–Trinajstić information content (AvgIpc) is 3.47. The second kappa shape index (κ2) is 10.2. The predicted molar refractivity (Wildman–Crippen MR) is 122 cm³/mol. The normalized spacial score (nSPS) is 11.6. The quantitative estimate of drug-likeness (QED) is 0.149. The third kappa shape index (κ3) is 5.45. The molecule has 0 bridgehead atoms. The van der Waals surface area contributed by atoms with Crippen molar-refractivity contribution in [3.8, 4) is 23.1 Å². The molecule has 2 heterocycles. The van der Waals surface area contributed by atoms with E-state index in [0.29, 0.717) is 23.7 Å². The van der Waals surface area contributed by atoms with Gasteiger partial charge in [0.2, 0.25) is 19.3 Å². The first kappa shape index (κ1) is 24.6. The third-order valence-electron chi connectivity index (χ3n) is 4.29. The summed E-state index contributed by atoms with van der Waals surface area (Å²) < 4.78 is 34.3. The molecule has 1 aromatic carbocycles. The van der Waals surface area contributed by atoms with E-state index in [1.54, 1.807) is 19.1 Å². The van der Waals surface area contributed by atoms with Gasteiger partial charge in [-0.1, -0.05) is 18.3 Å². The van der Waals surface area contributed by atoms with Crippen molar-refractivity contribution in [2.24, 2.45) is 0 Å². The Morgan fingerprint density at radius 1 is 1.32 bits per heavy atom. The monoisotopic (exact) mass is 503 g/mol. The number of sulfone groups is 1. The molecule has 0 unspecified atom stereocenters. The molecule has 0 spiro atoms. The van der Waals surface area contributed by atoms with Crippen molar-refractivity contribution in [2.75, 3.05) is 17.7 Å². The number of nitriles is 1. The maximum absolute atomic E-state index is 12.4. The summed E-state index contributed by atoms with van der Waals surface area (Å²) in [5.74, 6) is -0.455. The number of nitrogens with zero attached hydrogens (tertiary/aromatic N) is 4. The van der Waals surface area contributed by atoms with Crippen LogP contribution in [0.25, 0.3) is 17.4 Å². The van der Waals surface area contributed by atoms with E-state index in [1.165, 1.54) is 31.2 Å². The van der Waals surface area contributed by atoms with Crippen molar-refractivity contribution in [1.82, 2.24) is 10.2 Å². The largest absolute Gasteiger partial charge is 0.494 e. The van der Waals surface area contributed by atoms with E-state index in [9.17, 15) is 28.6 Å². The van der Waals surface area contributed by atoms with Crippen LogP contribution in [0.3, 0.4) is 0 Å². The first-order valence-electron chi connectivity index (χ1n) is 9.69. The maximum atomic E-state index is 12.4. The van der Waals surface area contributed by atoms with Crippen molar-refractivity contribution in [2.45, 2.75) is 18.2 Å². The van der Waals surface area contributed by atoms with Gasteiger partial charge in [-0.25, -0.2) is 8.42 Å². The second-order valence-electron chi connectivity index (χ2n) is 6.47. The van der Waals surface area contributed by atoms with Crippen LogP contribution in [0.15, 0.2) is 44.7 Å². The number of hydrogen-bond donors (Lipinski definition) is 1. The molecule has 3 aromatic rings. The van der Waals surface area contributed by atoms with E-state index in [1.807, 2.05) is 0 Å². The van der Waals surface area contributed by atoms with Crippen LogP contribution in [0.5, 0.6) is 5.75 Å². The van der Waals surface area contributed by atoms with E-state index in [0.717, 1.165) is 6.08 Å². The number of benzene rings is 1. The molecule has 0 saturated heterocycles. The van der Waals surface area contributed by atoms with E-state index in [-0.39, 0.29) is 43.6 Å². The number of rotatable bonds is 9. The van der Waals surface area contributed by atoms with Gasteiger partial charge < -0.3 is 9.15 Å². The highest BCUT2D eigenvalue weighted by Crippen LogP contribution is 2.34. The lowest BCUT2D eigenvalue weighted by Crippen LogP contribution is -2.13. The number of anilines is 1. The van der Waals surface area contributed by atoms with E-state index in [2.05, 4.69) is 15.5 Å². The average molecular weight is 504 g/mol. The van der Waals surface area contributed by atoms with Gasteiger partial charge >= 0.3 is 0 Å². The number of nitro benzene ring substituents is 1. The zero-order valence-corrected chi connectivity index (χ0v) is 19.5. The molecule has 0 fully saturated rings. The molecule has 1 amide bonds. The minimum atomic E-state index is -3.58. The minimum absolute atomic E-state index is 0.0939. The molecule has 2 aromatic heterocycles. The highest BCUT2D eigenvalue weighted by Gasteiger charge is 2.21. The molecule has 14 heteroatoms. The zero-order chi connectivity index (χ0) is 24.9. The highest BCUT2D eigenvalue weighted by molar-refractivity contribution is 7.93. The van der Waals surface area contributed by atoms with Crippen LogP contribution in [-0.4, -0.2) is 41.8 Å². The van der Waals surface area contributed by atoms with Gasteiger partial charge in [0.05, 0.1) is 28.9 Å². The standard InChI is InChI=1S/C20H17N5O7S2/c1-3-31-13-5-7-15(16(10-13)25(27)28)17-8-6-14(32-17)9-12(11-21)18(26)22-19-23-24-20(33-19)34(29,30)4-2/h5-10H,3-4H2,1-2H3,(H,22,23,26). The molecule has 34 heavy (non-hydrogen) atoms. The van der Waals surface area contributed by atoms with Crippen LogP contribution in [0.2, 0.25) is 0 Å². The lowest BCUT2D eigenvalue weighted by atomic mass is 10.1. The number of nitrogens with one attached hydrogen (secondary N) is 1. The Balaban J connectivity index is 1.84. The van der Waals surface area contributed by atoms with Crippen LogP contribution < -0.4 is 10.1 Å². The van der Waals surface area contributed by atoms with Gasteiger partial charge in [-0.2, -0.15) is 5.26 Å². The molecule has 0 radical (unpaired) electrons. The van der Waals surface area contributed by atoms with Crippen LogP contribution in [0.4, 0.5) is 10.8 Å². The lowest BCUT2D eigenvalue weighted by Gasteiger charge is -2.05. The Morgan fingerprint density at radius 3 is 2.74 bits per heavy atom. The number of carbonyl (C=O) groups is 1. The van der Waals surface area contributed by atoms with Gasteiger partial charge in [0, 0.05) is 6.08 Å². The van der Waals surface area contributed by atoms with Crippen molar-refractivity contribution >= 4 is 44.0 Å². The maximum Gasteiger partial charge on any atom is 0.284 e. The van der Waals surface area contributed by atoms with Gasteiger partial charge in [0.25, 0.3) is 11.6 Å². The molecule has 0 saturated carbocycles. The minimum Gasteiger partial charge on any atom is -0.494 e. The summed E-state index contributed by atoms with van der Waals surface area (Å²) >= 11 is 0.661. The number of ether oxygens (including phenoxy) is 1.